The Morgan fingerprint density at radius 3 is 2.53 bits per heavy atom. The molecule has 1 saturated carbocycles. The van der Waals surface area contributed by atoms with Gasteiger partial charge in [-0.05, 0) is 35.8 Å². The summed E-state index contributed by atoms with van der Waals surface area (Å²) in [5, 5.41) is 0. The van der Waals surface area contributed by atoms with E-state index in [4.69, 9.17) is 0 Å². The Bertz CT molecular complexity index is 629. The second-order valence-electron chi connectivity index (χ2n) is 5.68. The fourth-order valence-corrected chi connectivity index (χ4v) is 3.72. The van der Waals surface area contributed by atoms with Crippen molar-refractivity contribution in [3.63, 3.8) is 0 Å². The van der Waals surface area contributed by atoms with Crippen LogP contribution in [0.5, 0.6) is 0 Å². The van der Waals surface area contributed by atoms with Crippen LogP contribution in [0, 0.1) is 11.8 Å². The van der Waals surface area contributed by atoms with Crippen molar-refractivity contribution in [2.75, 3.05) is 0 Å². The predicted octanol–water partition coefficient (Wildman–Crippen LogP) is 3.85. The number of fused-ring (bicyclic) bond motifs is 3. The van der Waals surface area contributed by atoms with Crippen LogP contribution in [0.15, 0.2) is 54.6 Å². The van der Waals surface area contributed by atoms with Crippen LogP contribution in [0.25, 0.3) is 0 Å². The summed E-state index contributed by atoms with van der Waals surface area (Å²) < 4.78 is 0. The van der Waals surface area contributed by atoms with Crippen LogP contribution in [-0.4, -0.2) is 5.78 Å². The first-order valence-corrected chi connectivity index (χ1v) is 7.03. The minimum Gasteiger partial charge on any atom is -0.294 e. The molecule has 4 rings (SSSR count). The molecule has 1 fully saturated rings. The first-order chi connectivity index (χ1) is 9.36. The van der Waals surface area contributed by atoms with Crippen molar-refractivity contribution >= 4 is 5.78 Å². The molecule has 2 aliphatic rings. The average molecular weight is 248 g/mol. The average Bonchev–Trinajstić information content (AvgIpc) is 3.22. The van der Waals surface area contributed by atoms with Crippen molar-refractivity contribution in [2.45, 2.75) is 18.8 Å². The molecule has 2 aromatic rings. The quantitative estimate of drug-likeness (QED) is 0.738. The Morgan fingerprint density at radius 2 is 1.68 bits per heavy atom. The number of carbonyl (C=O) groups is 1. The monoisotopic (exact) mass is 248 g/mol. The topological polar surface area (TPSA) is 17.1 Å². The maximum absolute atomic E-state index is 12.6. The van der Waals surface area contributed by atoms with Gasteiger partial charge in [0.15, 0.2) is 5.78 Å². The Morgan fingerprint density at radius 1 is 0.947 bits per heavy atom. The first kappa shape index (κ1) is 11.0. The second-order valence-corrected chi connectivity index (χ2v) is 5.68. The van der Waals surface area contributed by atoms with E-state index < -0.39 is 0 Å². The Labute approximate surface area is 113 Å². The lowest BCUT2D eigenvalue weighted by molar-refractivity contribution is 0.0959. The first-order valence-electron chi connectivity index (χ1n) is 7.03. The zero-order valence-electron chi connectivity index (χ0n) is 10.8. The third-order valence-corrected chi connectivity index (χ3v) is 4.69. The van der Waals surface area contributed by atoms with Crippen LogP contribution < -0.4 is 0 Å². The lowest BCUT2D eigenvalue weighted by Gasteiger charge is -2.13. The zero-order valence-corrected chi connectivity index (χ0v) is 10.8. The molecule has 0 bridgehead atoms. The van der Waals surface area contributed by atoms with Gasteiger partial charge in [-0.15, -0.1) is 0 Å². The van der Waals surface area contributed by atoms with E-state index in [1.807, 2.05) is 30.3 Å². The highest BCUT2D eigenvalue weighted by atomic mass is 16.1. The van der Waals surface area contributed by atoms with E-state index in [9.17, 15) is 4.79 Å². The predicted molar refractivity (Wildman–Crippen MR) is 75.3 cm³/mol. The maximum atomic E-state index is 12.6. The SMILES string of the molecule is O=C(c1ccccc1)[C@H]1[C@@H]2CCc3ccccc3[C@@H]21. The number of hydrogen-bond donors (Lipinski definition) is 0. The van der Waals surface area contributed by atoms with E-state index in [1.165, 1.54) is 17.5 Å². The van der Waals surface area contributed by atoms with E-state index in [2.05, 4.69) is 24.3 Å². The molecule has 2 aliphatic carbocycles. The largest absolute Gasteiger partial charge is 0.294 e. The summed E-state index contributed by atoms with van der Waals surface area (Å²) in [6, 6.07) is 18.4. The van der Waals surface area contributed by atoms with Gasteiger partial charge in [0, 0.05) is 11.5 Å². The fourth-order valence-electron chi connectivity index (χ4n) is 3.72. The van der Waals surface area contributed by atoms with Gasteiger partial charge in [-0.1, -0.05) is 54.6 Å². The van der Waals surface area contributed by atoms with Crippen molar-refractivity contribution in [3.05, 3.63) is 71.3 Å². The van der Waals surface area contributed by atoms with Gasteiger partial charge in [-0.2, -0.15) is 0 Å². The Balaban J connectivity index is 1.66. The van der Waals surface area contributed by atoms with Gasteiger partial charge in [-0.25, -0.2) is 0 Å². The zero-order chi connectivity index (χ0) is 12.8. The second kappa shape index (κ2) is 4.06. The molecule has 2 aromatic carbocycles. The van der Waals surface area contributed by atoms with Crippen LogP contribution in [0.2, 0.25) is 0 Å². The molecule has 0 amide bonds. The summed E-state index contributed by atoms with van der Waals surface area (Å²) in [7, 11) is 0. The summed E-state index contributed by atoms with van der Waals surface area (Å²) in [5.41, 5.74) is 3.75. The van der Waals surface area contributed by atoms with Gasteiger partial charge in [0.2, 0.25) is 0 Å². The number of rotatable bonds is 2. The van der Waals surface area contributed by atoms with Gasteiger partial charge in [-0.3, -0.25) is 4.79 Å². The van der Waals surface area contributed by atoms with E-state index >= 15 is 0 Å². The van der Waals surface area contributed by atoms with E-state index in [0.717, 1.165) is 12.0 Å². The van der Waals surface area contributed by atoms with Gasteiger partial charge in [0.1, 0.15) is 0 Å². The van der Waals surface area contributed by atoms with Crippen LogP contribution in [0.1, 0.15) is 33.8 Å². The molecule has 0 spiro atoms. The number of carbonyl (C=O) groups excluding carboxylic acids is 1. The molecular weight excluding hydrogens is 232 g/mol. The molecule has 0 unspecified atom stereocenters. The fraction of sp³-hybridized carbons (Fsp3) is 0.278. The molecule has 0 N–H and O–H groups in total. The van der Waals surface area contributed by atoms with Crippen molar-refractivity contribution in [1.29, 1.82) is 0 Å². The molecule has 0 aromatic heterocycles. The van der Waals surface area contributed by atoms with Crippen molar-refractivity contribution < 1.29 is 4.79 Å². The molecule has 1 nitrogen and oxygen atoms in total. The molecule has 3 atom stereocenters. The van der Waals surface area contributed by atoms with Crippen LogP contribution in [0.3, 0.4) is 0 Å². The number of benzene rings is 2. The number of hydrogen-bond acceptors (Lipinski definition) is 1. The number of aryl methyl sites for hydroxylation is 1. The molecule has 0 saturated heterocycles. The number of Topliss-reactive ketones (excluding diaryl/α,β-unsaturated/α-hetero) is 1. The number of ketones is 1. The lowest BCUT2D eigenvalue weighted by Crippen LogP contribution is -2.03. The summed E-state index contributed by atoms with van der Waals surface area (Å²) in [6.07, 6.45) is 2.31. The summed E-state index contributed by atoms with van der Waals surface area (Å²) in [6.45, 7) is 0. The van der Waals surface area contributed by atoms with Gasteiger partial charge >= 0.3 is 0 Å². The molecule has 0 radical (unpaired) electrons. The minimum atomic E-state index is 0.228. The van der Waals surface area contributed by atoms with Crippen LogP contribution in [0.4, 0.5) is 0 Å². The van der Waals surface area contributed by atoms with Gasteiger partial charge in [0.25, 0.3) is 0 Å². The highest BCUT2D eigenvalue weighted by molar-refractivity contribution is 6.00. The molecule has 94 valence electrons. The van der Waals surface area contributed by atoms with Crippen molar-refractivity contribution in [1.82, 2.24) is 0 Å². The van der Waals surface area contributed by atoms with Crippen molar-refractivity contribution in [3.8, 4) is 0 Å². The summed E-state index contributed by atoms with van der Waals surface area (Å²) >= 11 is 0. The lowest BCUT2D eigenvalue weighted by atomic mass is 9.92. The summed E-state index contributed by atoms with van der Waals surface area (Å²) in [4.78, 5) is 12.6. The van der Waals surface area contributed by atoms with Crippen LogP contribution >= 0.6 is 0 Å². The van der Waals surface area contributed by atoms with E-state index in [0.29, 0.717) is 17.6 Å². The molecule has 1 heteroatoms. The van der Waals surface area contributed by atoms with Crippen LogP contribution in [-0.2, 0) is 6.42 Å². The molecule has 0 heterocycles. The van der Waals surface area contributed by atoms with Crippen molar-refractivity contribution in [2.24, 2.45) is 11.8 Å². The molecule has 0 aliphatic heterocycles. The summed E-state index contributed by atoms with van der Waals surface area (Å²) in [5.74, 6) is 1.64. The van der Waals surface area contributed by atoms with E-state index in [1.54, 1.807) is 0 Å². The minimum absolute atomic E-state index is 0.228. The Hall–Kier alpha value is -1.89. The third kappa shape index (κ3) is 1.65. The molecular formula is C18H16O. The maximum Gasteiger partial charge on any atom is 0.166 e. The van der Waals surface area contributed by atoms with E-state index in [-0.39, 0.29) is 5.92 Å². The Kier molecular flexibility index (Phi) is 2.34. The standard InChI is InChI=1S/C18H16O/c19-18(13-7-2-1-3-8-13)17-15-11-10-12-6-4-5-9-14(12)16(15)17/h1-9,15-17H,10-11H2/t15-,16+,17+/m1/s1. The highest BCUT2D eigenvalue weighted by Crippen LogP contribution is 2.60. The molecule has 19 heavy (non-hydrogen) atoms. The third-order valence-electron chi connectivity index (χ3n) is 4.69. The highest BCUT2D eigenvalue weighted by Gasteiger charge is 2.56. The van der Waals surface area contributed by atoms with Gasteiger partial charge < -0.3 is 0 Å². The smallest absolute Gasteiger partial charge is 0.166 e. The normalized spacial score (nSPS) is 27.3. The van der Waals surface area contributed by atoms with Gasteiger partial charge in [0.05, 0.1) is 0 Å².